The number of carbonyl (C=O) groups is 1. The summed E-state index contributed by atoms with van der Waals surface area (Å²) in [5.41, 5.74) is 2.78. The second-order valence-corrected chi connectivity index (χ2v) is 6.15. The molecule has 3 heteroatoms. The second kappa shape index (κ2) is 6.54. The average molecular weight is 329 g/mol. The lowest BCUT2D eigenvalue weighted by atomic mass is 9.76. The molecule has 1 aliphatic rings. The molecule has 3 aromatic rings. The molecule has 1 saturated heterocycles. The standard InChI is InChI=1S/C22H19NO2/c24-21-16-23(17-25-21)22(18-10-4-1-5-11-18,19-12-6-2-7-13-19)20-14-8-3-9-15-20/h1-15H,16-17H2. The molecule has 25 heavy (non-hydrogen) atoms. The van der Waals surface area contributed by atoms with E-state index >= 15 is 0 Å². The highest BCUT2D eigenvalue weighted by Crippen LogP contribution is 2.43. The Hall–Kier alpha value is -2.91. The number of esters is 1. The van der Waals surface area contributed by atoms with Crippen molar-refractivity contribution >= 4 is 5.97 Å². The molecule has 0 amide bonds. The Balaban J connectivity index is 2.03. The van der Waals surface area contributed by atoms with Crippen LogP contribution < -0.4 is 0 Å². The van der Waals surface area contributed by atoms with Gasteiger partial charge >= 0.3 is 5.97 Å². The van der Waals surface area contributed by atoms with Crippen LogP contribution >= 0.6 is 0 Å². The summed E-state index contributed by atoms with van der Waals surface area (Å²) >= 11 is 0. The van der Waals surface area contributed by atoms with E-state index in [1.165, 1.54) is 0 Å². The maximum atomic E-state index is 11.9. The summed E-state index contributed by atoms with van der Waals surface area (Å²) in [6.07, 6.45) is 0. The Kier molecular flexibility index (Phi) is 4.08. The van der Waals surface area contributed by atoms with Crippen molar-refractivity contribution in [2.24, 2.45) is 0 Å². The first-order chi connectivity index (χ1) is 12.3. The molecule has 0 unspecified atom stereocenters. The highest BCUT2D eigenvalue weighted by Gasteiger charge is 2.45. The zero-order chi connectivity index (χ0) is 17.1. The largest absolute Gasteiger partial charge is 0.448 e. The van der Waals surface area contributed by atoms with Crippen molar-refractivity contribution in [3.05, 3.63) is 108 Å². The molecule has 0 bridgehead atoms. The van der Waals surface area contributed by atoms with Gasteiger partial charge in [-0.3, -0.25) is 4.79 Å². The van der Waals surface area contributed by atoms with Crippen molar-refractivity contribution in [1.29, 1.82) is 0 Å². The SMILES string of the molecule is O=C1CN(C(c2ccccc2)(c2ccccc2)c2ccccc2)CO1. The molecule has 0 spiro atoms. The molecular weight excluding hydrogens is 310 g/mol. The van der Waals surface area contributed by atoms with Crippen LogP contribution in [0.15, 0.2) is 91.0 Å². The van der Waals surface area contributed by atoms with Crippen LogP contribution in [0.3, 0.4) is 0 Å². The van der Waals surface area contributed by atoms with E-state index in [9.17, 15) is 4.79 Å². The second-order valence-electron chi connectivity index (χ2n) is 6.15. The van der Waals surface area contributed by atoms with Crippen molar-refractivity contribution < 1.29 is 9.53 Å². The minimum Gasteiger partial charge on any atom is -0.448 e. The quantitative estimate of drug-likeness (QED) is 0.539. The molecule has 3 nitrogen and oxygen atoms in total. The average Bonchev–Trinajstić information content (AvgIpc) is 3.12. The summed E-state index contributed by atoms with van der Waals surface area (Å²) in [4.78, 5) is 14.0. The molecule has 3 aromatic carbocycles. The van der Waals surface area contributed by atoms with Gasteiger partial charge in [0.25, 0.3) is 0 Å². The summed E-state index contributed by atoms with van der Waals surface area (Å²) < 4.78 is 5.32. The maximum Gasteiger partial charge on any atom is 0.321 e. The van der Waals surface area contributed by atoms with Crippen molar-refractivity contribution in [1.82, 2.24) is 4.90 Å². The Morgan fingerprint density at radius 3 is 1.40 bits per heavy atom. The normalized spacial score (nSPS) is 15.1. The fourth-order valence-electron chi connectivity index (χ4n) is 3.70. The molecule has 0 N–H and O–H groups in total. The highest BCUT2D eigenvalue weighted by atomic mass is 16.6. The first kappa shape index (κ1) is 15.6. The summed E-state index contributed by atoms with van der Waals surface area (Å²) in [5, 5.41) is 0. The fourth-order valence-corrected chi connectivity index (χ4v) is 3.70. The molecule has 0 atom stereocenters. The molecule has 0 saturated carbocycles. The number of ether oxygens (including phenoxy) is 1. The molecule has 1 aliphatic heterocycles. The molecule has 4 rings (SSSR count). The summed E-state index contributed by atoms with van der Waals surface area (Å²) in [7, 11) is 0. The molecule has 0 aromatic heterocycles. The molecule has 0 radical (unpaired) electrons. The van der Waals surface area contributed by atoms with Gasteiger partial charge in [0.2, 0.25) is 0 Å². The van der Waals surface area contributed by atoms with Crippen LogP contribution in [-0.2, 0) is 15.1 Å². The number of hydrogen-bond acceptors (Lipinski definition) is 3. The van der Waals surface area contributed by atoms with Gasteiger partial charge in [-0.25, -0.2) is 4.90 Å². The van der Waals surface area contributed by atoms with E-state index < -0.39 is 5.54 Å². The molecule has 124 valence electrons. The van der Waals surface area contributed by atoms with E-state index in [1.807, 2.05) is 54.6 Å². The van der Waals surface area contributed by atoms with Crippen LogP contribution in [0.2, 0.25) is 0 Å². The fraction of sp³-hybridized carbons (Fsp3) is 0.136. The zero-order valence-electron chi connectivity index (χ0n) is 13.8. The van der Waals surface area contributed by atoms with Crippen molar-refractivity contribution in [3.8, 4) is 0 Å². The van der Waals surface area contributed by atoms with Gasteiger partial charge in [-0.05, 0) is 16.7 Å². The van der Waals surface area contributed by atoms with Crippen LogP contribution in [0.5, 0.6) is 0 Å². The molecule has 0 aliphatic carbocycles. The van der Waals surface area contributed by atoms with Crippen LogP contribution in [0.25, 0.3) is 0 Å². The van der Waals surface area contributed by atoms with E-state index in [0.29, 0.717) is 0 Å². The third-order valence-corrected chi connectivity index (χ3v) is 4.75. The Bertz CT molecular complexity index is 750. The number of nitrogens with zero attached hydrogens (tertiary/aromatic N) is 1. The molecule has 1 heterocycles. The van der Waals surface area contributed by atoms with Crippen LogP contribution in [0, 0.1) is 0 Å². The lowest BCUT2D eigenvalue weighted by molar-refractivity contribution is -0.136. The Labute approximate surface area is 147 Å². The van der Waals surface area contributed by atoms with Gasteiger partial charge < -0.3 is 4.74 Å². The molecule has 1 fully saturated rings. The first-order valence-corrected chi connectivity index (χ1v) is 8.39. The summed E-state index contributed by atoms with van der Waals surface area (Å²) in [5.74, 6) is -0.188. The first-order valence-electron chi connectivity index (χ1n) is 8.39. The predicted molar refractivity (Wildman–Crippen MR) is 96.9 cm³/mol. The maximum absolute atomic E-state index is 11.9. The minimum absolute atomic E-state index is 0.188. The van der Waals surface area contributed by atoms with Crippen LogP contribution in [0.4, 0.5) is 0 Å². The van der Waals surface area contributed by atoms with E-state index in [-0.39, 0.29) is 19.2 Å². The van der Waals surface area contributed by atoms with Gasteiger partial charge in [-0.2, -0.15) is 0 Å². The summed E-state index contributed by atoms with van der Waals surface area (Å²) in [6.45, 7) is 0.538. The summed E-state index contributed by atoms with van der Waals surface area (Å²) in [6, 6.07) is 30.9. The third kappa shape index (κ3) is 2.63. The third-order valence-electron chi connectivity index (χ3n) is 4.75. The number of benzene rings is 3. The molecular formula is C22H19NO2. The Morgan fingerprint density at radius 2 is 1.08 bits per heavy atom. The highest BCUT2D eigenvalue weighted by molar-refractivity contribution is 5.74. The minimum atomic E-state index is -0.573. The van der Waals surface area contributed by atoms with Crippen molar-refractivity contribution in [2.75, 3.05) is 13.3 Å². The van der Waals surface area contributed by atoms with Gasteiger partial charge in [0.15, 0.2) is 0 Å². The van der Waals surface area contributed by atoms with Gasteiger partial charge in [-0.1, -0.05) is 91.0 Å². The van der Waals surface area contributed by atoms with Crippen LogP contribution in [0.1, 0.15) is 16.7 Å². The van der Waals surface area contributed by atoms with Crippen LogP contribution in [-0.4, -0.2) is 24.1 Å². The topological polar surface area (TPSA) is 29.5 Å². The number of carbonyl (C=O) groups excluding carboxylic acids is 1. The van der Waals surface area contributed by atoms with E-state index in [4.69, 9.17) is 4.74 Å². The van der Waals surface area contributed by atoms with E-state index in [0.717, 1.165) is 16.7 Å². The lowest BCUT2D eigenvalue weighted by Gasteiger charge is -2.42. The van der Waals surface area contributed by atoms with Gasteiger partial charge in [-0.15, -0.1) is 0 Å². The van der Waals surface area contributed by atoms with Crippen molar-refractivity contribution in [3.63, 3.8) is 0 Å². The zero-order valence-corrected chi connectivity index (χ0v) is 13.8. The van der Waals surface area contributed by atoms with Crippen molar-refractivity contribution in [2.45, 2.75) is 5.54 Å². The monoisotopic (exact) mass is 329 g/mol. The predicted octanol–water partition coefficient (Wildman–Crippen LogP) is 3.79. The van der Waals surface area contributed by atoms with E-state index in [2.05, 4.69) is 41.3 Å². The number of rotatable bonds is 4. The van der Waals surface area contributed by atoms with Gasteiger partial charge in [0.1, 0.15) is 18.8 Å². The van der Waals surface area contributed by atoms with E-state index in [1.54, 1.807) is 0 Å². The number of cyclic esters (lactones) is 1. The Morgan fingerprint density at radius 1 is 0.680 bits per heavy atom. The van der Waals surface area contributed by atoms with Gasteiger partial charge in [0, 0.05) is 0 Å². The smallest absolute Gasteiger partial charge is 0.321 e. The number of hydrogen-bond donors (Lipinski definition) is 0. The lowest BCUT2D eigenvalue weighted by Crippen LogP contribution is -2.47. The van der Waals surface area contributed by atoms with Gasteiger partial charge in [0.05, 0.1) is 0 Å².